The van der Waals surface area contributed by atoms with Crippen molar-refractivity contribution >= 4 is 24.8 Å². The number of benzene rings is 1. The summed E-state index contributed by atoms with van der Waals surface area (Å²) < 4.78 is 7.68. The molecular formula is C17H24Cl2OTi. The zero-order valence-corrected chi connectivity index (χ0v) is 16.7. The third kappa shape index (κ3) is 4.63. The van der Waals surface area contributed by atoms with Crippen molar-refractivity contribution in [2.75, 3.05) is 0 Å². The summed E-state index contributed by atoms with van der Waals surface area (Å²) in [5.41, 5.74) is 7.00. The van der Waals surface area contributed by atoms with Crippen LogP contribution in [0.4, 0.5) is 0 Å². The van der Waals surface area contributed by atoms with Gasteiger partial charge in [0, 0.05) is 0 Å². The van der Waals surface area contributed by atoms with Crippen LogP contribution in [-0.2, 0) is 19.5 Å². The van der Waals surface area contributed by atoms with Gasteiger partial charge in [0.1, 0.15) is 0 Å². The molecule has 1 unspecified atom stereocenters. The van der Waals surface area contributed by atoms with Crippen LogP contribution in [-0.4, -0.2) is 0 Å². The first-order valence-corrected chi connectivity index (χ1v) is 8.21. The molecule has 1 aliphatic carbocycles. The predicted molar refractivity (Wildman–Crippen MR) is 91.3 cm³/mol. The van der Waals surface area contributed by atoms with E-state index in [-0.39, 0.29) is 24.8 Å². The van der Waals surface area contributed by atoms with Gasteiger partial charge in [-0.05, 0) is 0 Å². The summed E-state index contributed by atoms with van der Waals surface area (Å²) in [6, 6.07) is 6.46. The number of halogens is 2. The Labute approximate surface area is 150 Å². The van der Waals surface area contributed by atoms with Crippen molar-refractivity contribution in [2.45, 2.75) is 41.5 Å². The minimum atomic E-state index is -0.527. The fourth-order valence-electron chi connectivity index (χ4n) is 2.63. The van der Waals surface area contributed by atoms with Crippen LogP contribution < -0.4 is 3.32 Å². The molecule has 0 N–H and O–H groups in total. The summed E-state index contributed by atoms with van der Waals surface area (Å²) >= 11 is -0.527. The Morgan fingerprint density at radius 3 is 1.81 bits per heavy atom. The van der Waals surface area contributed by atoms with Crippen LogP contribution in [0.2, 0.25) is 0 Å². The van der Waals surface area contributed by atoms with Gasteiger partial charge in [-0.15, -0.1) is 24.8 Å². The maximum absolute atomic E-state index is 6.13. The van der Waals surface area contributed by atoms with Crippen LogP contribution in [0, 0.1) is 19.8 Å². The molecule has 1 aromatic rings. The van der Waals surface area contributed by atoms with Crippen molar-refractivity contribution in [1.29, 1.82) is 0 Å². The largest absolute Gasteiger partial charge is 0.147 e. The zero-order chi connectivity index (χ0) is 14.2. The van der Waals surface area contributed by atoms with Crippen LogP contribution in [0.15, 0.2) is 38.8 Å². The van der Waals surface area contributed by atoms with Crippen molar-refractivity contribution in [3.8, 4) is 5.75 Å². The van der Waals surface area contributed by atoms with E-state index in [2.05, 4.69) is 59.7 Å². The molecule has 21 heavy (non-hydrogen) atoms. The molecule has 0 aliphatic heterocycles. The molecule has 0 fully saturated rings. The average Bonchev–Trinajstić information content (AvgIpc) is 2.51. The van der Waals surface area contributed by atoms with Crippen molar-refractivity contribution < 1.29 is 22.9 Å². The monoisotopic (exact) mass is 362 g/mol. The van der Waals surface area contributed by atoms with Gasteiger partial charge in [-0.1, -0.05) is 0 Å². The van der Waals surface area contributed by atoms with Gasteiger partial charge in [-0.25, -0.2) is 0 Å². The van der Waals surface area contributed by atoms with E-state index in [1.807, 2.05) is 0 Å². The minimum Gasteiger partial charge on any atom is -0.147 e. The molecule has 4 heteroatoms. The Bertz CT molecular complexity index is 556. The second kappa shape index (κ2) is 8.43. The normalized spacial score (nSPS) is 17.3. The molecule has 1 aliphatic rings. The fourth-order valence-corrected chi connectivity index (χ4v) is 4.32. The van der Waals surface area contributed by atoms with Crippen LogP contribution >= 0.6 is 24.8 Å². The Morgan fingerprint density at radius 2 is 1.38 bits per heavy atom. The summed E-state index contributed by atoms with van der Waals surface area (Å²) in [4.78, 5) is 0. The van der Waals surface area contributed by atoms with E-state index < -0.39 is 19.5 Å². The summed E-state index contributed by atoms with van der Waals surface area (Å²) in [7, 11) is 0. The number of allylic oxidation sites excluding steroid dienone is 4. The number of rotatable bonds is 3. The second-order valence-electron chi connectivity index (χ2n) is 5.60. The van der Waals surface area contributed by atoms with Gasteiger partial charge < -0.3 is 0 Å². The van der Waals surface area contributed by atoms with Crippen molar-refractivity contribution in [3.05, 3.63) is 49.9 Å². The molecule has 0 bridgehead atoms. The Morgan fingerprint density at radius 1 is 0.857 bits per heavy atom. The van der Waals surface area contributed by atoms with Crippen LogP contribution in [0.3, 0.4) is 0 Å². The first-order chi connectivity index (χ1) is 8.90. The van der Waals surface area contributed by atoms with Gasteiger partial charge in [0.25, 0.3) is 0 Å². The van der Waals surface area contributed by atoms with E-state index in [1.54, 1.807) is 3.88 Å². The van der Waals surface area contributed by atoms with Gasteiger partial charge in [0.2, 0.25) is 0 Å². The molecule has 2 rings (SSSR count). The van der Waals surface area contributed by atoms with Crippen molar-refractivity contribution in [2.24, 2.45) is 5.92 Å². The van der Waals surface area contributed by atoms with E-state index >= 15 is 0 Å². The van der Waals surface area contributed by atoms with E-state index in [1.165, 1.54) is 27.8 Å². The third-order valence-corrected chi connectivity index (χ3v) is 6.25. The number of hydrogen-bond donors (Lipinski definition) is 0. The predicted octanol–water partition coefficient (Wildman–Crippen LogP) is 5.78. The summed E-state index contributed by atoms with van der Waals surface area (Å²) in [5.74, 6) is 1.61. The number of hydrogen-bond acceptors (Lipinski definition) is 1. The Balaban J connectivity index is 0.00000200. The summed E-state index contributed by atoms with van der Waals surface area (Å²) in [5, 5.41) is 0. The molecule has 116 valence electrons. The SMILES string of the molecule is CC1=C(C)C(C)[C]([Ti][O]c2cc(C)cc(C)c2)=C1C.Cl.Cl. The van der Waals surface area contributed by atoms with Gasteiger partial charge in [0.15, 0.2) is 0 Å². The Hall–Kier alpha value is -0.206. The van der Waals surface area contributed by atoms with E-state index in [9.17, 15) is 0 Å². The maximum atomic E-state index is 6.13. The van der Waals surface area contributed by atoms with Crippen LogP contribution in [0.1, 0.15) is 38.8 Å². The van der Waals surface area contributed by atoms with E-state index in [4.69, 9.17) is 3.32 Å². The molecule has 1 aromatic carbocycles. The molecule has 1 atom stereocenters. The first-order valence-electron chi connectivity index (χ1n) is 6.79. The third-order valence-electron chi connectivity index (χ3n) is 4.11. The first kappa shape index (κ1) is 20.8. The molecule has 1 nitrogen and oxygen atoms in total. The van der Waals surface area contributed by atoms with E-state index in [0.717, 1.165) is 5.75 Å². The van der Waals surface area contributed by atoms with Crippen molar-refractivity contribution in [1.82, 2.24) is 0 Å². The molecule has 0 amide bonds. The average molecular weight is 363 g/mol. The smallest absolute Gasteiger partial charge is 0.147 e. The molecule has 0 aromatic heterocycles. The molecule has 0 heterocycles. The van der Waals surface area contributed by atoms with E-state index in [0.29, 0.717) is 5.92 Å². The van der Waals surface area contributed by atoms with Crippen LogP contribution in [0.25, 0.3) is 0 Å². The quantitative estimate of drug-likeness (QED) is 0.619. The summed E-state index contributed by atoms with van der Waals surface area (Å²) in [6.07, 6.45) is 0. The van der Waals surface area contributed by atoms with Crippen molar-refractivity contribution in [3.63, 3.8) is 0 Å². The second-order valence-corrected chi connectivity index (χ2v) is 7.07. The number of aryl methyl sites for hydroxylation is 2. The zero-order valence-electron chi connectivity index (χ0n) is 13.5. The molecule has 0 spiro atoms. The standard InChI is InChI=1S/C9H13.C8H10O.2ClH.Ti/c1-6-5-7(2)9(4)8(6)3;1-6-3-7(2)5-8(9)4-6;;;/h6H,1-4H3;3-5,9H,1-2H3;2*1H;/q;;;;+1/p-1. The van der Waals surface area contributed by atoms with Gasteiger partial charge in [0.05, 0.1) is 0 Å². The molecular weight excluding hydrogens is 339 g/mol. The molecule has 0 saturated carbocycles. The van der Waals surface area contributed by atoms with Gasteiger partial charge in [-0.2, -0.15) is 0 Å². The topological polar surface area (TPSA) is 9.23 Å². The summed E-state index contributed by atoms with van der Waals surface area (Å²) in [6.45, 7) is 13.3. The molecule has 0 radical (unpaired) electrons. The van der Waals surface area contributed by atoms with Gasteiger partial charge >= 0.3 is 126 Å². The Kier molecular flexibility index (Phi) is 8.35. The minimum absolute atomic E-state index is 0. The van der Waals surface area contributed by atoms with Crippen LogP contribution in [0.5, 0.6) is 5.75 Å². The molecule has 0 saturated heterocycles. The maximum Gasteiger partial charge on any atom is -0.147 e. The fraction of sp³-hybridized carbons (Fsp3) is 0.412. The van der Waals surface area contributed by atoms with Gasteiger partial charge in [-0.3, -0.25) is 0 Å².